The number of carbonyl (C=O) groups excluding carboxylic acids is 8. The molecule has 0 saturated heterocycles. The van der Waals surface area contributed by atoms with Crippen molar-refractivity contribution in [2.75, 3.05) is 25.0 Å². The molecular weight excluding hydrogens is 640 g/mol. The number of rotatable bonds is 20. The topological polar surface area (TPSA) is 261 Å². The zero-order valence-electron chi connectivity index (χ0n) is 27.9. The molecule has 1 aliphatic heterocycles. The van der Waals surface area contributed by atoms with E-state index in [1.54, 1.807) is 31.2 Å². The highest BCUT2D eigenvalue weighted by Gasteiger charge is 2.28. The molecule has 49 heavy (non-hydrogen) atoms. The van der Waals surface area contributed by atoms with Crippen LogP contribution in [0.15, 0.2) is 36.4 Å². The molecule has 1 aliphatic rings. The summed E-state index contributed by atoms with van der Waals surface area (Å²) in [4.78, 5) is 98.5. The molecule has 1 aromatic carbocycles. The third-order valence-electron chi connectivity index (χ3n) is 7.66. The molecule has 9 amide bonds. The van der Waals surface area contributed by atoms with Crippen molar-refractivity contribution >= 4 is 53.3 Å². The lowest BCUT2D eigenvalue weighted by Crippen LogP contribution is -2.53. The van der Waals surface area contributed by atoms with Crippen molar-refractivity contribution in [1.82, 2.24) is 26.2 Å². The minimum Gasteiger partial charge on any atom is -0.461 e. The molecule has 0 bridgehead atoms. The average Bonchev–Trinajstić information content (AvgIpc) is 3.37. The van der Waals surface area contributed by atoms with Gasteiger partial charge in [0.25, 0.3) is 11.8 Å². The number of amides is 9. The lowest BCUT2D eigenvalue weighted by molar-refractivity contribution is -0.150. The molecule has 268 valence electrons. The fraction of sp³-hybridized carbons (Fsp3) is 0.500. The summed E-state index contributed by atoms with van der Waals surface area (Å²) in [6.07, 6.45) is 2.50. The van der Waals surface area contributed by atoms with Crippen LogP contribution < -0.4 is 38.1 Å². The van der Waals surface area contributed by atoms with Gasteiger partial charge in [-0.15, -0.1) is 0 Å². The summed E-state index contributed by atoms with van der Waals surface area (Å²) in [6, 6.07) is 2.78. The van der Waals surface area contributed by atoms with Gasteiger partial charge in [0.1, 0.15) is 18.7 Å². The van der Waals surface area contributed by atoms with Gasteiger partial charge < -0.3 is 42.8 Å². The van der Waals surface area contributed by atoms with E-state index in [9.17, 15) is 38.4 Å². The number of anilines is 1. The number of primary amides is 2. The second kappa shape index (κ2) is 20.0. The van der Waals surface area contributed by atoms with Crippen molar-refractivity contribution in [3.8, 4) is 0 Å². The zero-order valence-corrected chi connectivity index (χ0v) is 27.9. The quantitative estimate of drug-likeness (QED) is 0.0558. The summed E-state index contributed by atoms with van der Waals surface area (Å²) in [7, 11) is 0. The van der Waals surface area contributed by atoms with Crippen LogP contribution in [0.2, 0.25) is 0 Å². The first-order chi connectivity index (χ1) is 23.2. The summed E-state index contributed by atoms with van der Waals surface area (Å²) in [5.74, 6) is -3.48. The smallest absolute Gasteiger partial charge is 0.312 e. The third kappa shape index (κ3) is 14.4. The molecule has 0 aromatic heterocycles. The molecule has 9 N–H and O–H groups in total. The molecule has 1 unspecified atom stereocenters. The maximum absolute atomic E-state index is 13.5. The monoisotopic (exact) mass is 686 g/mol. The van der Waals surface area contributed by atoms with Crippen LogP contribution in [0.5, 0.6) is 0 Å². The Balaban J connectivity index is 2.11. The van der Waals surface area contributed by atoms with Crippen molar-refractivity contribution in [3.05, 3.63) is 42.0 Å². The second-order valence-electron chi connectivity index (χ2n) is 11.8. The predicted molar refractivity (Wildman–Crippen MR) is 177 cm³/mol. The van der Waals surface area contributed by atoms with Gasteiger partial charge in [-0.2, -0.15) is 0 Å². The van der Waals surface area contributed by atoms with Gasteiger partial charge in [0, 0.05) is 43.9 Å². The Hall–Kier alpha value is -5.48. The van der Waals surface area contributed by atoms with Crippen LogP contribution in [-0.2, 0) is 40.1 Å². The Labute approximate surface area is 284 Å². The number of carbonyl (C=O) groups is 8. The molecule has 0 aliphatic carbocycles. The lowest BCUT2D eigenvalue weighted by atomic mass is 9.99. The molecule has 0 radical (unpaired) electrons. The zero-order chi connectivity index (χ0) is 36.5. The van der Waals surface area contributed by atoms with Crippen LogP contribution in [0.3, 0.4) is 0 Å². The van der Waals surface area contributed by atoms with Crippen molar-refractivity contribution in [1.29, 1.82) is 0 Å². The van der Waals surface area contributed by atoms with Gasteiger partial charge in [0.2, 0.25) is 17.7 Å². The van der Waals surface area contributed by atoms with Gasteiger partial charge in [-0.3, -0.25) is 33.7 Å². The molecule has 1 aromatic rings. The fourth-order valence-corrected chi connectivity index (χ4v) is 4.45. The number of hydrogen-bond donors (Lipinski definition) is 7. The molecule has 0 saturated carbocycles. The second-order valence-corrected chi connectivity index (χ2v) is 11.8. The number of nitrogens with two attached hydrogens (primary N) is 2. The van der Waals surface area contributed by atoms with E-state index in [4.69, 9.17) is 16.2 Å². The van der Waals surface area contributed by atoms with E-state index in [-0.39, 0.29) is 76.2 Å². The SMILES string of the molecule is CC(C)C(C)C(=O)OCc1ccc(NC(=O)[C@H](CCCNC(N)=O)NC(=O)[C@H](CCCNC(N)=O)NC(=O)CCN2C(=O)C=CC2=O)cc1. The normalized spacial score (nSPS) is 14.1. The van der Waals surface area contributed by atoms with Crippen molar-refractivity contribution in [3.63, 3.8) is 0 Å². The number of esters is 1. The van der Waals surface area contributed by atoms with Crippen LogP contribution in [0.25, 0.3) is 0 Å². The molecule has 3 atom stereocenters. The van der Waals surface area contributed by atoms with E-state index < -0.39 is 53.7 Å². The van der Waals surface area contributed by atoms with Gasteiger partial charge >= 0.3 is 18.0 Å². The Morgan fingerprint density at radius 1 is 0.776 bits per heavy atom. The van der Waals surface area contributed by atoms with E-state index >= 15 is 0 Å². The number of nitrogens with zero attached hydrogens (tertiary/aromatic N) is 1. The van der Waals surface area contributed by atoms with Crippen LogP contribution in [0.4, 0.5) is 15.3 Å². The molecule has 17 nitrogen and oxygen atoms in total. The number of benzene rings is 1. The summed E-state index contributed by atoms with van der Waals surface area (Å²) >= 11 is 0. The Morgan fingerprint density at radius 2 is 1.31 bits per heavy atom. The van der Waals surface area contributed by atoms with Gasteiger partial charge in [-0.25, -0.2) is 9.59 Å². The molecule has 2 rings (SSSR count). The lowest BCUT2D eigenvalue weighted by Gasteiger charge is -2.24. The molecule has 1 heterocycles. The van der Waals surface area contributed by atoms with Gasteiger partial charge in [0.15, 0.2) is 0 Å². The molecule has 17 heteroatoms. The van der Waals surface area contributed by atoms with E-state index in [1.807, 2.05) is 13.8 Å². The number of hydrogen-bond acceptors (Lipinski definition) is 9. The van der Waals surface area contributed by atoms with E-state index in [0.717, 1.165) is 17.1 Å². The first kappa shape index (κ1) is 39.7. The van der Waals surface area contributed by atoms with E-state index in [1.165, 1.54) is 0 Å². The highest BCUT2D eigenvalue weighted by atomic mass is 16.5. The highest BCUT2D eigenvalue weighted by Crippen LogP contribution is 2.15. The third-order valence-corrected chi connectivity index (χ3v) is 7.66. The van der Waals surface area contributed by atoms with E-state index in [0.29, 0.717) is 11.3 Å². The highest BCUT2D eigenvalue weighted by molar-refractivity contribution is 6.13. The van der Waals surface area contributed by atoms with Gasteiger partial charge in [-0.1, -0.05) is 32.9 Å². The summed E-state index contributed by atoms with van der Waals surface area (Å²) in [5, 5.41) is 12.8. The van der Waals surface area contributed by atoms with Crippen LogP contribution in [0, 0.1) is 11.8 Å². The Kier molecular flexibility index (Phi) is 16.2. The average molecular weight is 687 g/mol. The number of ether oxygens (including phenoxy) is 1. The first-order valence-electron chi connectivity index (χ1n) is 15.9. The standard InChI is InChI=1S/C32H46N8O9/c1-19(2)20(3)30(46)49-18-21-8-10-22(11-9-21)37-28(44)24(7-5-16-36-32(34)48)39-29(45)23(6-4-15-35-31(33)47)38-25(41)14-17-40-26(42)12-13-27(40)43/h8-13,19-20,23-24H,4-7,14-18H2,1-3H3,(H,37,44)(H,38,41)(H,39,45)(H3,33,35,47)(H3,34,36,48)/t20?,23-,24-/m0/s1. The number of urea groups is 2. The summed E-state index contributed by atoms with van der Waals surface area (Å²) < 4.78 is 5.37. The molecule has 0 spiro atoms. The van der Waals surface area contributed by atoms with Crippen LogP contribution in [-0.4, -0.2) is 84.2 Å². The van der Waals surface area contributed by atoms with Gasteiger partial charge in [0.05, 0.1) is 5.92 Å². The Bertz CT molecular complexity index is 1380. The van der Waals surface area contributed by atoms with Crippen molar-refractivity contribution in [2.45, 2.75) is 71.6 Å². The molecule has 0 fully saturated rings. The minimum atomic E-state index is -1.16. The minimum absolute atomic E-state index is 0.0422. The summed E-state index contributed by atoms with van der Waals surface area (Å²) in [6.45, 7) is 5.73. The summed E-state index contributed by atoms with van der Waals surface area (Å²) in [5.41, 5.74) is 11.3. The predicted octanol–water partition coefficient (Wildman–Crippen LogP) is 0.142. The number of imide groups is 1. The van der Waals surface area contributed by atoms with Crippen LogP contribution >= 0.6 is 0 Å². The van der Waals surface area contributed by atoms with Crippen molar-refractivity contribution in [2.24, 2.45) is 23.3 Å². The number of nitrogens with one attached hydrogen (secondary N) is 5. The maximum Gasteiger partial charge on any atom is 0.312 e. The molecular formula is C32H46N8O9. The van der Waals surface area contributed by atoms with E-state index in [2.05, 4.69) is 26.6 Å². The fourth-order valence-electron chi connectivity index (χ4n) is 4.45. The first-order valence-corrected chi connectivity index (χ1v) is 15.9. The Morgan fingerprint density at radius 3 is 1.82 bits per heavy atom. The maximum atomic E-state index is 13.5. The van der Waals surface area contributed by atoms with Crippen molar-refractivity contribution < 1.29 is 43.1 Å². The largest absolute Gasteiger partial charge is 0.461 e. The van der Waals surface area contributed by atoms with Gasteiger partial charge in [-0.05, 0) is 49.3 Å². The van der Waals surface area contributed by atoms with Crippen LogP contribution in [0.1, 0.15) is 58.4 Å².